The van der Waals surface area contributed by atoms with Crippen molar-refractivity contribution in [3.05, 3.63) is 0 Å². The molecule has 0 atom stereocenters. The Bertz CT molecular complexity index is 362. The van der Waals surface area contributed by atoms with Crippen molar-refractivity contribution in [2.75, 3.05) is 11.7 Å². The Balaban J connectivity index is 2.61. The van der Waals surface area contributed by atoms with Crippen LogP contribution in [0.25, 0.3) is 0 Å². The second kappa shape index (κ2) is 4.91. The molecular formula is C6H8N4O2S2. The van der Waals surface area contributed by atoms with E-state index in [0.29, 0.717) is 5.13 Å². The van der Waals surface area contributed by atoms with Crippen LogP contribution in [0.5, 0.6) is 0 Å². The molecule has 1 heterocycles. The maximum atomic E-state index is 10.4. The molecule has 0 radical (unpaired) electrons. The third-order valence-electron chi connectivity index (χ3n) is 1.21. The van der Waals surface area contributed by atoms with E-state index in [-0.39, 0.29) is 5.71 Å². The van der Waals surface area contributed by atoms with E-state index in [2.05, 4.69) is 20.7 Å². The van der Waals surface area contributed by atoms with Crippen molar-refractivity contribution in [1.29, 1.82) is 0 Å². The second-order valence-corrected chi connectivity index (χ2v) is 4.22. The molecule has 0 bridgehead atoms. The topological polar surface area (TPSA) is 87.5 Å². The molecule has 76 valence electrons. The SMILES string of the molecule is CSc1nnc(N/N=C(\C)C(=O)O)s1. The smallest absolute Gasteiger partial charge is 0.351 e. The number of aliphatic carboxylic acids is 1. The van der Waals surface area contributed by atoms with Crippen LogP contribution in [0, 0.1) is 0 Å². The highest BCUT2D eigenvalue weighted by Crippen LogP contribution is 2.22. The van der Waals surface area contributed by atoms with Gasteiger partial charge in [-0.15, -0.1) is 10.2 Å². The number of aromatic nitrogens is 2. The van der Waals surface area contributed by atoms with E-state index in [1.54, 1.807) is 0 Å². The van der Waals surface area contributed by atoms with Crippen molar-refractivity contribution in [2.45, 2.75) is 11.3 Å². The normalized spacial score (nSPS) is 11.4. The predicted octanol–water partition coefficient (Wildman–Crippen LogP) is 1.13. The van der Waals surface area contributed by atoms with Crippen molar-refractivity contribution in [1.82, 2.24) is 10.2 Å². The lowest BCUT2D eigenvalue weighted by Gasteiger charge is -1.93. The maximum Gasteiger partial charge on any atom is 0.351 e. The lowest BCUT2D eigenvalue weighted by atomic mass is 10.4. The lowest BCUT2D eigenvalue weighted by Crippen LogP contribution is -2.10. The molecule has 0 fully saturated rings. The fourth-order valence-corrected chi connectivity index (χ4v) is 1.63. The number of nitrogens with zero attached hydrogens (tertiary/aromatic N) is 3. The summed E-state index contributed by atoms with van der Waals surface area (Å²) >= 11 is 2.79. The molecule has 0 spiro atoms. The zero-order valence-electron chi connectivity index (χ0n) is 7.51. The number of nitrogens with one attached hydrogen (secondary N) is 1. The van der Waals surface area contributed by atoms with Gasteiger partial charge in [0, 0.05) is 0 Å². The minimum atomic E-state index is -1.06. The van der Waals surface area contributed by atoms with Gasteiger partial charge in [0.1, 0.15) is 5.71 Å². The fraction of sp³-hybridized carbons (Fsp3) is 0.333. The molecule has 0 amide bonds. The van der Waals surface area contributed by atoms with Gasteiger partial charge in [-0.05, 0) is 13.2 Å². The third kappa shape index (κ3) is 2.96. The second-order valence-electron chi connectivity index (χ2n) is 2.19. The Hall–Kier alpha value is -1.15. The number of hydrogen-bond acceptors (Lipinski definition) is 7. The summed E-state index contributed by atoms with van der Waals surface area (Å²) in [5, 5.41) is 20.2. The molecule has 8 heteroatoms. The van der Waals surface area contributed by atoms with Gasteiger partial charge < -0.3 is 5.11 Å². The van der Waals surface area contributed by atoms with E-state index in [0.717, 1.165) is 4.34 Å². The van der Waals surface area contributed by atoms with E-state index in [1.165, 1.54) is 30.0 Å². The first-order valence-corrected chi connectivity index (χ1v) is 5.58. The van der Waals surface area contributed by atoms with Gasteiger partial charge in [0.15, 0.2) is 4.34 Å². The first kappa shape index (κ1) is 10.9. The van der Waals surface area contributed by atoms with Crippen LogP contribution in [-0.4, -0.2) is 33.2 Å². The quantitative estimate of drug-likeness (QED) is 0.459. The Kier molecular flexibility index (Phi) is 3.84. The molecule has 1 rings (SSSR count). The zero-order chi connectivity index (χ0) is 10.6. The van der Waals surface area contributed by atoms with Crippen LogP contribution < -0.4 is 5.43 Å². The molecule has 0 aliphatic carbocycles. The molecule has 6 nitrogen and oxygen atoms in total. The van der Waals surface area contributed by atoms with Gasteiger partial charge in [-0.2, -0.15) is 5.10 Å². The molecule has 14 heavy (non-hydrogen) atoms. The van der Waals surface area contributed by atoms with Crippen LogP contribution in [0.2, 0.25) is 0 Å². The Morgan fingerprint density at radius 3 is 2.86 bits per heavy atom. The monoisotopic (exact) mass is 232 g/mol. The van der Waals surface area contributed by atoms with Crippen LogP contribution in [0.1, 0.15) is 6.92 Å². The first-order valence-electron chi connectivity index (χ1n) is 3.54. The summed E-state index contributed by atoms with van der Waals surface area (Å²) < 4.78 is 0.802. The summed E-state index contributed by atoms with van der Waals surface area (Å²) in [6.07, 6.45) is 1.88. The molecule has 0 saturated heterocycles. The van der Waals surface area contributed by atoms with Gasteiger partial charge in [-0.3, -0.25) is 5.43 Å². The van der Waals surface area contributed by atoms with Gasteiger partial charge in [-0.25, -0.2) is 4.79 Å². The number of thioether (sulfide) groups is 1. The van der Waals surface area contributed by atoms with Crippen LogP contribution in [0.3, 0.4) is 0 Å². The number of carboxylic acids is 1. The minimum Gasteiger partial charge on any atom is -0.477 e. The molecule has 1 aromatic heterocycles. The van der Waals surface area contributed by atoms with Crippen LogP contribution in [0.4, 0.5) is 5.13 Å². The van der Waals surface area contributed by atoms with Crippen molar-refractivity contribution < 1.29 is 9.90 Å². The Morgan fingerprint density at radius 1 is 1.64 bits per heavy atom. The van der Waals surface area contributed by atoms with Crippen LogP contribution >= 0.6 is 23.1 Å². The molecular weight excluding hydrogens is 224 g/mol. The third-order valence-corrected chi connectivity index (χ3v) is 3.01. The molecule has 0 unspecified atom stereocenters. The number of hydrogen-bond donors (Lipinski definition) is 2. The van der Waals surface area contributed by atoms with Crippen molar-refractivity contribution in [3.8, 4) is 0 Å². The van der Waals surface area contributed by atoms with Crippen molar-refractivity contribution in [3.63, 3.8) is 0 Å². The molecule has 0 aliphatic heterocycles. The van der Waals surface area contributed by atoms with Crippen molar-refractivity contribution in [2.24, 2.45) is 5.10 Å². The fourth-order valence-electron chi connectivity index (χ4n) is 0.517. The number of carbonyl (C=O) groups is 1. The van der Waals surface area contributed by atoms with E-state index in [4.69, 9.17) is 5.11 Å². The van der Waals surface area contributed by atoms with Gasteiger partial charge in [0.25, 0.3) is 0 Å². The summed E-state index contributed by atoms with van der Waals surface area (Å²) in [4.78, 5) is 10.4. The van der Waals surface area contributed by atoms with Gasteiger partial charge in [0.05, 0.1) is 0 Å². The average molecular weight is 232 g/mol. The summed E-state index contributed by atoms with van der Waals surface area (Å²) in [6.45, 7) is 1.39. The molecule has 1 aromatic rings. The van der Waals surface area contributed by atoms with E-state index < -0.39 is 5.97 Å². The molecule has 2 N–H and O–H groups in total. The standard InChI is InChI=1S/C6H8N4O2S2/c1-3(4(11)12)7-8-5-9-10-6(13-2)14-5/h1-2H3,(H,8,9)(H,11,12)/b7-3+. The molecule has 0 aromatic carbocycles. The summed E-state index contributed by atoms with van der Waals surface area (Å²) in [7, 11) is 0. The summed E-state index contributed by atoms with van der Waals surface area (Å²) in [5.41, 5.74) is 2.50. The average Bonchev–Trinajstić information content (AvgIpc) is 2.61. The number of hydrazone groups is 1. The summed E-state index contributed by atoms with van der Waals surface area (Å²) in [5.74, 6) is -1.06. The zero-order valence-corrected chi connectivity index (χ0v) is 9.15. The number of anilines is 1. The Labute approximate surface area is 88.4 Å². The van der Waals surface area contributed by atoms with Crippen LogP contribution in [-0.2, 0) is 4.79 Å². The summed E-state index contributed by atoms with van der Waals surface area (Å²) in [6, 6.07) is 0. The van der Waals surface area contributed by atoms with Crippen molar-refractivity contribution >= 4 is 39.9 Å². The van der Waals surface area contributed by atoms with Crippen LogP contribution in [0.15, 0.2) is 9.44 Å². The first-order chi connectivity index (χ1) is 6.63. The van der Waals surface area contributed by atoms with Gasteiger partial charge >= 0.3 is 5.97 Å². The number of carboxylic acid groups (broad SMARTS) is 1. The van der Waals surface area contributed by atoms with E-state index >= 15 is 0 Å². The van der Waals surface area contributed by atoms with E-state index in [9.17, 15) is 4.79 Å². The largest absolute Gasteiger partial charge is 0.477 e. The van der Waals surface area contributed by atoms with Gasteiger partial charge in [-0.1, -0.05) is 23.1 Å². The molecule has 0 aliphatic rings. The lowest BCUT2D eigenvalue weighted by molar-refractivity contribution is -0.129. The highest BCUT2D eigenvalue weighted by atomic mass is 32.2. The molecule has 0 saturated carbocycles. The predicted molar refractivity (Wildman–Crippen MR) is 56.1 cm³/mol. The number of rotatable bonds is 4. The highest BCUT2D eigenvalue weighted by Gasteiger charge is 2.03. The minimum absolute atomic E-state index is 0.0223. The van der Waals surface area contributed by atoms with E-state index in [1.807, 2.05) is 6.26 Å². The van der Waals surface area contributed by atoms with Gasteiger partial charge in [0.2, 0.25) is 5.13 Å². The maximum absolute atomic E-state index is 10.4. The Morgan fingerprint density at radius 2 is 2.36 bits per heavy atom. The highest BCUT2D eigenvalue weighted by molar-refractivity contribution is 8.00.